The molecule has 0 saturated carbocycles. The summed E-state index contributed by atoms with van der Waals surface area (Å²) in [6.07, 6.45) is 2.45. The van der Waals surface area contributed by atoms with Gasteiger partial charge in [0.15, 0.2) is 0 Å². The summed E-state index contributed by atoms with van der Waals surface area (Å²) >= 11 is 1.59. The number of methoxy groups -OCH3 is 1. The predicted molar refractivity (Wildman–Crippen MR) is 124 cm³/mol. The second kappa shape index (κ2) is 11.3. The van der Waals surface area contributed by atoms with Crippen molar-refractivity contribution in [2.24, 2.45) is 0 Å². The van der Waals surface area contributed by atoms with Gasteiger partial charge >= 0.3 is 0 Å². The Morgan fingerprint density at radius 3 is 2.77 bits per heavy atom. The fourth-order valence-corrected chi connectivity index (χ4v) is 4.42. The summed E-state index contributed by atoms with van der Waals surface area (Å²) < 4.78 is 10.7. The van der Waals surface area contributed by atoms with Crippen LogP contribution in [0.5, 0.6) is 0 Å². The van der Waals surface area contributed by atoms with Crippen LogP contribution in [-0.2, 0) is 32.0 Å². The zero-order chi connectivity index (χ0) is 22.2. The number of anilines is 2. The van der Waals surface area contributed by atoms with E-state index in [1.54, 1.807) is 11.3 Å². The molecule has 0 radical (unpaired) electrons. The molecule has 168 valence electrons. The monoisotopic (exact) mass is 445 g/mol. The molecule has 1 N–H and O–H groups in total. The van der Waals surface area contributed by atoms with E-state index in [1.807, 2.05) is 59.6 Å². The van der Waals surface area contributed by atoms with Gasteiger partial charge in [0.2, 0.25) is 11.8 Å². The molecule has 8 heteroatoms. The second-order valence-electron chi connectivity index (χ2n) is 7.88. The maximum Gasteiger partial charge on any atom is 0.250 e. The molecule has 1 atom stereocenters. The number of hydrogen-bond acceptors (Lipinski definition) is 6. The topological polar surface area (TPSA) is 71.1 Å². The summed E-state index contributed by atoms with van der Waals surface area (Å²) in [5, 5.41) is 4.84. The maximum absolute atomic E-state index is 13.2. The van der Waals surface area contributed by atoms with Gasteiger partial charge in [0.25, 0.3) is 0 Å². The quantitative estimate of drug-likeness (QED) is 0.608. The van der Waals surface area contributed by atoms with E-state index in [1.165, 1.54) is 7.11 Å². The minimum Gasteiger partial charge on any atom is -0.377 e. The van der Waals surface area contributed by atoms with Crippen molar-refractivity contribution in [3.8, 4) is 0 Å². The van der Waals surface area contributed by atoms with Crippen molar-refractivity contribution < 1.29 is 19.1 Å². The smallest absolute Gasteiger partial charge is 0.250 e. The Balaban J connectivity index is 1.82. The Kier molecular flexibility index (Phi) is 8.45. The molecule has 1 fully saturated rings. The van der Waals surface area contributed by atoms with Gasteiger partial charge < -0.3 is 24.6 Å². The molecule has 1 aromatic carbocycles. The molecule has 3 rings (SSSR count). The molecule has 7 nitrogen and oxygen atoms in total. The summed E-state index contributed by atoms with van der Waals surface area (Å²) in [6.45, 7) is 1.76. The lowest BCUT2D eigenvalue weighted by Gasteiger charge is -2.28. The first kappa shape index (κ1) is 23.2. The Bertz CT molecular complexity index is 864. The van der Waals surface area contributed by atoms with Gasteiger partial charge in [-0.25, -0.2) is 0 Å². The SMILES string of the molecule is COCC(=O)Nc1ccc(N(C)C)c(CN(C[C@H]2CCCO2)C(=O)Cc2cccs2)c1. The number of hydrogen-bond donors (Lipinski definition) is 1. The highest BCUT2D eigenvalue weighted by atomic mass is 32.1. The van der Waals surface area contributed by atoms with E-state index in [2.05, 4.69) is 5.32 Å². The Morgan fingerprint density at radius 2 is 2.13 bits per heavy atom. The predicted octanol–water partition coefficient (Wildman–Crippen LogP) is 3.15. The zero-order valence-electron chi connectivity index (χ0n) is 18.4. The van der Waals surface area contributed by atoms with Crippen molar-refractivity contribution in [3.63, 3.8) is 0 Å². The lowest BCUT2D eigenvalue weighted by Crippen LogP contribution is -2.38. The van der Waals surface area contributed by atoms with Crippen LogP contribution in [0.3, 0.4) is 0 Å². The molecule has 2 heterocycles. The van der Waals surface area contributed by atoms with Crippen LogP contribution in [0.4, 0.5) is 11.4 Å². The minimum atomic E-state index is -0.212. The highest BCUT2D eigenvalue weighted by Crippen LogP contribution is 2.26. The number of thiophene rings is 1. The van der Waals surface area contributed by atoms with Crippen molar-refractivity contribution in [2.75, 3.05) is 51.2 Å². The van der Waals surface area contributed by atoms with Crippen molar-refractivity contribution in [3.05, 3.63) is 46.2 Å². The molecule has 1 aliphatic heterocycles. The van der Waals surface area contributed by atoms with E-state index in [0.29, 0.717) is 25.2 Å². The number of carbonyl (C=O) groups excluding carboxylic acids is 2. The maximum atomic E-state index is 13.2. The number of amides is 2. The summed E-state index contributed by atoms with van der Waals surface area (Å²) in [7, 11) is 5.43. The molecule has 0 spiro atoms. The van der Waals surface area contributed by atoms with Crippen molar-refractivity contribution in [1.82, 2.24) is 4.90 Å². The van der Waals surface area contributed by atoms with E-state index < -0.39 is 0 Å². The average Bonchev–Trinajstić information content (AvgIpc) is 3.42. The van der Waals surface area contributed by atoms with Crippen LogP contribution in [0.2, 0.25) is 0 Å². The molecule has 1 aliphatic rings. The van der Waals surface area contributed by atoms with Gasteiger partial charge in [0.05, 0.1) is 12.5 Å². The largest absolute Gasteiger partial charge is 0.377 e. The highest BCUT2D eigenvalue weighted by molar-refractivity contribution is 7.10. The number of benzene rings is 1. The molecule has 0 unspecified atom stereocenters. The average molecular weight is 446 g/mol. The lowest BCUT2D eigenvalue weighted by atomic mass is 10.1. The van der Waals surface area contributed by atoms with Crippen LogP contribution in [0.1, 0.15) is 23.3 Å². The van der Waals surface area contributed by atoms with Gasteiger partial charge in [-0.2, -0.15) is 0 Å². The zero-order valence-corrected chi connectivity index (χ0v) is 19.2. The van der Waals surface area contributed by atoms with Gasteiger partial charge in [-0.05, 0) is 48.1 Å². The first-order valence-electron chi connectivity index (χ1n) is 10.5. The van der Waals surface area contributed by atoms with E-state index in [-0.39, 0.29) is 24.5 Å². The Hall–Kier alpha value is -2.42. The fraction of sp³-hybridized carbons (Fsp3) is 0.478. The van der Waals surface area contributed by atoms with E-state index in [4.69, 9.17) is 9.47 Å². The van der Waals surface area contributed by atoms with Crippen LogP contribution in [-0.4, -0.2) is 63.8 Å². The highest BCUT2D eigenvalue weighted by Gasteiger charge is 2.24. The molecule has 1 aromatic heterocycles. The summed E-state index contributed by atoms with van der Waals surface area (Å²) in [4.78, 5) is 30.1. The number of rotatable bonds is 10. The number of ether oxygens (including phenoxy) is 2. The van der Waals surface area contributed by atoms with E-state index >= 15 is 0 Å². The number of nitrogens with one attached hydrogen (secondary N) is 1. The fourth-order valence-electron chi connectivity index (χ4n) is 3.72. The first-order chi connectivity index (χ1) is 15.0. The Morgan fingerprint density at radius 1 is 1.29 bits per heavy atom. The van der Waals surface area contributed by atoms with Crippen LogP contribution in [0.15, 0.2) is 35.7 Å². The van der Waals surface area contributed by atoms with Gasteiger partial charge in [-0.1, -0.05) is 6.07 Å². The Labute approximate surface area is 187 Å². The summed E-state index contributed by atoms with van der Waals surface area (Å²) in [5.74, 6) is -0.132. The van der Waals surface area contributed by atoms with Gasteiger partial charge in [-0.15, -0.1) is 11.3 Å². The van der Waals surface area contributed by atoms with Crippen LogP contribution < -0.4 is 10.2 Å². The van der Waals surface area contributed by atoms with Crippen LogP contribution >= 0.6 is 11.3 Å². The molecular formula is C23H31N3O4S. The number of nitrogens with zero attached hydrogens (tertiary/aromatic N) is 2. The molecule has 0 aliphatic carbocycles. The lowest BCUT2D eigenvalue weighted by molar-refractivity contribution is -0.132. The minimum absolute atomic E-state index is 0.00475. The van der Waals surface area contributed by atoms with Crippen molar-refractivity contribution in [2.45, 2.75) is 31.9 Å². The third-order valence-electron chi connectivity index (χ3n) is 5.19. The molecule has 31 heavy (non-hydrogen) atoms. The van der Waals surface area contributed by atoms with Gasteiger partial charge in [0, 0.05) is 57.2 Å². The molecule has 0 bridgehead atoms. The molecule has 1 saturated heterocycles. The van der Waals surface area contributed by atoms with E-state index in [0.717, 1.165) is 35.6 Å². The van der Waals surface area contributed by atoms with Gasteiger partial charge in [0.1, 0.15) is 6.61 Å². The normalized spacial score (nSPS) is 15.6. The molecule has 2 amide bonds. The third kappa shape index (κ3) is 6.78. The molecular weight excluding hydrogens is 414 g/mol. The number of carbonyl (C=O) groups is 2. The van der Waals surface area contributed by atoms with Crippen LogP contribution in [0, 0.1) is 0 Å². The summed E-state index contributed by atoms with van der Waals surface area (Å²) in [6, 6.07) is 9.72. The summed E-state index contributed by atoms with van der Waals surface area (Å²) in [5.41, 5.74) is 2.66. The van der Waals surface area contributed by atoms with Crippen molar-refractivity contribution in [1.29, 1.82) is 0 Å². The van der Waals surface area contributed by atoms with E-state index in [9.17, 15) is 9.59 Å². The van der Waals surface area contributed by atoms with Crippen molar-refractivity contribution >= 4 is 34.5 Å². The standard InChI is InChI=1S/C23H31N3O4S/c1-25(2)21-9-8-18(24-22(27)16-29-3)12-17(21)14-26(15-19-6-4-10-30-19)23(28)13-20-7-5-11-31-20/h5,7-9,11-12,19H,4,6,10,13-16H2,1-3H3,(H,24,27)/t19-/m1/s1. The van der Waals surface area contributed by atoms with Gasteiger partial charge in [-0.3, -0.25) is 9.59 Å². The first-order valence-corrected chi connectivity index (χ1v) is 11.3. The molecule has 2 aromatic rings. The van der Waals surface area contributed by atoms with Crippen LogP contribution in [0.25, 0.3) is 0 Å². The third-order valence-corrected chi connectivity index (χ3v) is 6.06. The second-order valence-corrected chi connectivity index (χ2v) is 8.92.